The number of likely N-dealkylation sites (N-methyl/N-ethyl adjacent to an activating group) is 1. The fourth-order valence-electron chi connectivity index (χ4n) is 3.12. The van der Waals surface area contributed by atoms with Crippen molar-refractivity contribution in [1.82, 2.24) is 4.90 Å². The summed E-state index contributed by atoms with van der Waals surface area (Å²) < 4.78 is 44.2. The molecular weight excluding hydrogens is 451 g/mol. The number of nitrogens with one attached hydrogen (secondary N) is 1. The van der Waals surface area contributed by atoms with E-state index >= 15 is 0 Å². The normalized spacial score (nSPS) is 13.3. The molecule has 11 heteroatoms. The van der Waals surface area contributed by atoms with E-state index in [0.29, 0.717) is 11.4 Å². The monoisotopic (exact) mass is 469 g/mol. The van der Waals surface area contributed by atoms with E-state index in [1.165, 1.54) is 18.0 Å². The minimum absolute atomic E-state index is 0.0526. The van der Waals surface area contributed by atoms with Crippen LogP contribution >= 0.6 is 11.6 Å². The highest BCUT2D eigenvalue weighted by Gasteiger charge is 2.33. The van der Waals surface area contributed by atoms with Crippen LogP contribution in [-0.4, -0.2) is 49.4 Å². The molecule has 1 N–H and O–H groups in total. The first-order valence-corrected chi connectivity index (χ1v) is 9.87. The minimum atomic E-state index is -4.67. The highest BCUT2D eigenvalue weighted by atomic mass is 35.5. The molecule has 2 aromatic carbocycles. The van der Waals surface area contributed by atoms with Gasteiger partial charge in [0.2, 0.25) is 11.8 Å². The summed E-state index contributed by atoms with van der Waals surface area (Å²) in [7, 11) is 1.39. The van der Waals surface area contributed by atoms with Gasteiger partial charge in [-0.2, -0.15) is 13.2 Å². The van der Waals surface area contributed by atoms with Crippen molar-refractivity contribution in [2.24, 2.45) is 0 Å². The first kappa shape index (κ1) is 23.4. The van der Waals surface area contributed by atoms with E-state index in [-0.39, 0.29) is 37.7 Å². The zero-order valence-electron chi connectivity index (χ0n) is 16.9. The lowest BCUT2D eigenvalue weighted by Crippen LogP contribution is -2.42. The fraction of sp³-hybridized carbons (Fsp3) is 0.286. The van der Waals surface area contributed by atoms with E-state index in [1.807, 2.05) is 0 Å². The molecule has 32 heavy (non-hydrogen) atoms. The summed E-state index contributed by atoms with van der Waals surface area (Å²) in [4.78, 5) is 39.4. The number of para-hydroxylation sites is 2. The van der Waals surface area contributed by atoms with Crippen LogP contribution in [0.1, 0.15) is 12.0 Å². The van der Waals surface area contributed by atoms with Crippen LogP contribution in [0.4, 0.5) is 24.5 Å². The third kappa shape index (κ3) is 5.50. The van der Waals surface area contributed by atoms with Gasteiger partial charge in [0.05, 0.1) is 22.8 Å². The molecule has 0 atom stereocenters. The fourth-order valence-corrected chi connectivity index (χ4v) is 3.35. The van der Waals surface area contributed by atoms with Crippen molar-refractivity contribution >= 4 is 40.7 Å². The number of anilines is 2. The highest BCUT2D eigenvalue weighted by molar-refractivity contribution is 6.31. The number of amides is 3. The second-order valence-electron chi connectivity index (χ2n) is 7.04. The van der Waals surface area contributed by atoms with Crippen LogP contribution in [0.2, 0.25) is 5.02 Å². The van der Waals surface area contributed by atoms with Gasteiger partial charge in [-0.15, -0.1) is 0 Å². The number of hydrogen-bond acceptors (Lipinski definition) is 4. The Morgan fingerprint density at radius 1 is 1.22 bits per heavy atom. The molecule has 2 aromatic rings. The van der Waals surface area contributed by atoms with Gasteiger partial charge in [-0.1, -0.05) is 23.7 Å². The lowest BCUT2D eigenvalue weighted by atomic mass is 10.2. The Labute approximate surface area is 186 Å². The maximum Gasteiger partial charge on any atom is 0.417 e. The topological polar surface area (TPSA) is 79.0 Å². The van der Waals surface area contributed by atoms with Crippen LogP contribution in [0, 0.1) is 0 Å². The second kappa shape index (κ2) is 9.47. The molecule has 1 aliphatic heterocycles. The number of carbonyl (C=O) groups excluding carboxylic acids is 3. The number of halogens is 4. The molecule has 0 aromatic heterocycles. The summed E-state index contributed by atoms with van der Waals surface area (Å²) in [6.07, 6.45) is -4.72. The summed E-state index contributed by atoms with van der Waals surface area (Å²) in [5.74, 6) is -0.846. The van der Waals surface area contributed by atoms with Gasteiger partial charge in [0.1, 0.15) is 5.75 Å². The molecular formula is C21H19ClF3N3O4. The van der Waals surface area contributed by atoms with Gasteiger partial charge in [0.25, 0.3) is 5.91 Å². The maximum atomic E-state index is 13.0. The molecule has 0 radical (unpaired) electrons. The Bertz CT molecular complexity index is 1050. The molecule has 0 bridgehead atoms. The summed E-state index contributed by atoms with van der Waals surface area (Å²) in [6, 6.07) is 9.92. The average molecular weight is 470 g/mol. The SMILES string of the molecule is CN(CC(=O)Nc1ccc(Cl)c(C(F)(F)F)c1)C(=O)CCN1C(=O)COc2ccccc21. The van der Waals surface area contributed by atoms with Gasteiger partial charge in [0.15, 0.2) is 6.61 Å². The Morgan fingerprint density at radius 3 is 2.66 bits per heavy atom. The van der Waals surface area contributed by atoms with Crippen molar-refractivity contribution < 1.29 is 32.3 Å². The van der Waals surface area contributed by atoms with Gasteiger partial charge in [-0.05, 0) is 30.3 Å². The molecule has 0 unspecified atom stereocenters. The molecule has 0 aliphatic carbocycles. The number of benzene rings is 2. The van der Waals surface area contributed by atoms with Crippen LogP contribution in [0.3, 0.4) is 0 Å². The van der Waals surface area contributed by atoms with Gasteiger partial charge in [-0.25, -0.2) is 0 Å². The molecule has 3 rings (SSSR count). The molecule has 0 fully saturated rings. The van der Waals surface area contributed by atoms with Crippen molar-refractivity contribution in [1.29, 1.82) is 0 Å². The van der Waals surface area contributed by atoms with E-state index in [9.17, 15) is 27.6 Å². The van der Waals surface area contributed by atoms with Gasteiger partial charge in [0, 0.05) is 25.7 Å². The molecule has 7 nitrogen and oxygen atoms in total. The molecule has 0 saturated carbocycles. The largest absolute Gasteiger partial charge is 0.482 e. The smallest absolute Gasteiger partial charge is 0.417 e. The number of fused-ring (bicyclic) bond motifs is 1. The molecule has 3 amide bonds. The lowest BCUT2D eigenvalue weighted by molar-refractivity contribution is -0.137. The molecule has 1 aliphatic rings. The quantitative estimate of drug-likeness (QED) is 0.701. The Kier molecular flexibility index (Phi) is 6.93. The third-order valence-corrected chi connectivity index (χ3v) is 5.05. The maximum absolute atomic E-state index is 13.0. The van der Waals surface area contributed by atoms with Crippen molar-refractivity contribution in [2.45, 2.75) is 12.6 Å². The summed E-state index contributed by atoms with van der Waals surface area (Å²) in [5, 5.41) is 1.84. The molecule has 0 saturated heterocycles. The zero-order chi connectivity index (χ0) is 23.5. The highest BCUT2D eigenvalue weighted by Crippen LogP contribution is 2.36. The van der Waals surface area contributed by atoms with E-state index in [0.717, 1.165) is 17.0 Å². The van der Waals surface area contributed by atoms with Crippen LogP contribution in [0.25, 0.3) is 0 Å². The predicted molar refractivity (Wildman–Crippen MR) is 112 cm³/mol. The van der Waals surface area contributed by atoms with E-state index in [1.54, 1.807) is 24.3 Å². The van der Waals surface area contributed by atoms with Crippen molar-refractivity contribution in [3.05, 3.63) is 53.1 Å². The molecule has 170 valence electrons. The number of carbonyl (C=O) groups is 3. The van der Waals surface area contributed by atoms with Crippen molar-refractivity contribution in [2.75, 3.05) is 37.0 Å². The Balaban J connectivity index is 1.56. The summed E-state index contributed by atoms with van der Waals surface area (Å²) >= 11 is 5.56. The molecule has 1 heterocycles. The summed E-state index contributed by atoms with van der Waals surface area (Å²) in [5.41, 5.74) is -0.611. The average Bonchev–Trinajstić information content (AvgIpc) is 2.73. The van der Waals surface area contributed by atoms with Crippen LogP contribution in [0.5, 0.6) is 5.75 Å². The van der Waals surface area contributed by atoms with Gasteiger partial charge >= 0.3 is 6.18 Å². The molecule has 0 spiro atoms. The van der Waals surface area contributed by atoms with Gasteiger partial charge < -0.3 is 19.9 Å². The van der Waals surface area contributed by atoms with Crippen molar-refractivity contribution in [3.8, 4) is 5.75 Å². The predicted octanol–water partition coefficient (Wildman–Crippen LogP) is 3.57. The number of hydrogen-bond donors (Lipinski definition) is 1. The first-order chi connectivity index (χ1) is 15.1. The number of alkyl halides is 3. The number of ether oxygens (including phenoxy) is 1. The van der Waals surface area contributed by atoms with E-state index < -0.39 is 28.6 Å². The Hall–Kier alpha value is -3.27. The van der Waals surface area contributed by atoms with E-state index in [2.05, 4.69) is 5.32 Å². The number of rotatable bonds is 6. The van der Waals surface area contributed by atoms with Crippen molar-refractivity contribution in [3.63, 3.8) is 0 Å². The van der Waals surface area contributed by atoms with E-state index in [4.69, 9.17) is 16.3 Å². The van der Waals surface area contributed by atoms with Crippen LogP contribution in [-0.2, 0) is 20.6 Å². The number of nitrogens with zero attached hydrogens (tertiary/aromatic N) is 2. The van der Waals surface area contributed by atoms with Crippen LogP contribution < -0.4 is 15.0 Å². The first-order valence-electron chi connectivity index (χ1n) is 9.49. The van der Waals surface area contributed by atoms with Crippen LogP contribution in [0.15, 0.2) is 42.5 Å². The zero-order valence-corrected chi connectivity index (χ0v) is 17.7. The lowest BCUT2D eigenvalue weighted by Gasteiger charge is -2.29. The minimum Gasteiger partial charge on any atom is -0.482 e. The second-order valence-corrected chi connectivity index (χ2v) is 7.45. The van der Waals surface area contributed by atoms with Gasteiger partial charge in [-0.3, -0.25) is 14.4 Å². The standard InChI is InChI=1S/C21H19ClF3N3O4/c1-27(11-18(29)26-13-6-7-15(22)14(10-13)21(23,24)25)19(30)8-9-28-16-4-2-3-5-17(16)32-12-20(28)31/h2-7,10H,8-9,11-12H2,1H3,(H,26,29). The Morgan fingerprint density at radius 2 is 1.94 bits per heavy atom. The third-order valence-electron chi connectivity index (χ3n) is 4.72. The summed E-state index contributed by atoms with van der Waals surface area (Å²) in [6.45, 7) is -0.420.